The van der Waals surface area contributed by atoms with Crippen LogP contribution in [0.3, 0.4) is 0 Å². The second-order valence-corrected chi connectivity index (χ2v) is 6.09. The fourth-order valence-electron chi connectivity index (χ4n) is 3.10. The molecule has 1 aromatic carbocycles. The Morgan fingerprint density at radius 2 is 1.96 bits per heavy atom. The number of carbonyl (C=O) groups excluding carboxylic acids is 1. The number of rotatable bonds is 4. The van der Waals surface area contributed by atoms with Crippen molar-refractivity contribution in [3.63, 3.8) is 0 Å². The second-order valence-electron chi connectivity index (χ2n) is 6.09. The van der Waals surface area contributed by atoms with Gasteiger partial charge in [0.1, 0.15) is 0 Å². The van der Waals surface area contributed by atoms with Crippen LogP contribution < -0.4 is 11.2 Å². The largest absolute Gasteiger partial charge is 0.454 e. The number of benzene rings is 1. The van der Waals surface area contributed by atoms with Gasteiger partial charge in [0.2, 0.25) is 0 Å². The first kappa shape index (κ1) is 17.2. The zero-order chi connectivity index (χ0) is 18.0. The fourth-order valence-corrected chi connectivity index (χ4v) is 3.10. The summed E-state index contributed by atoms with van der Waals surface area (Å²) in [4.78, 5) is 38.0. The maximum absolute atomic E-state index is 12.4. The summed E-state index contributed by atoms with van der Waals surface area (Å²) in [5, 5.41) is 0. The van der Waals surface area contributed by atoms with Crippen LogP contribution in [0.1, 0.15) is 36.9 Å². The van der Waals surface area contributed by atoms with Gasteiger partial charge >= 0.3 is 11.7 Å². The Bertz CT molecular complexity index is 858. The number of hydrogen-bond acceptors (Lipinski definition) is 5. The average Bonchev–Trinajstić information content (AvgIpc) is 2.92. The van der Waals surface area contributed by atoms with Crippen molar-refractivity contribution in [1.29, 1.82) is 0 Å². The molecule has 1 unspecified atom stereocenters. The Balaban J connectivity index is 1.91. The molecular weight excluding hydrogens is 324 g/mol. The number of nitrogens with one attached hydrogen (secondary N) is 1. The van der Waals surface area contributed by atoms with Crippen LogP contribution in [0.4, 0.5) is 0 Å². The Kier molecular flexibility index (Phi) is 4.85. The quantitative estimate of drug-likeness (QED) is 0.853. The molecule has 4 atom stereocenters. The molecule has 25 heavy (non-hydrogen) atoms. The Hall–Kier alpha value is -2.67. The topological polar surface area (TPSA) is 90.4 Å². The second kappa shape index (κ2) is 7.06. The molecule has 3 rings (SSSR count). The van der Waals surface area contributed by atoms with Crippen molar-refractivity contribution in [2.45, 2.75) is 38.7 Å². The highest BCUT2D eigenvalue weighted by Crippen LogP contribution is 2.37. The standard InChI is InChI=1S/C18H20N2O5/c1-3-13-11(2)15(25-17(22)12-7-5-4-6-8-12)16(24-13)20-10-9-14(21)19-18(20)23/h4-11,13,15-16H,3H2,1-2H3,(H,19,21,23)/t11-,13+,15+,16?/m0/s1. The third kappa shape index (κ3) is 3.41. The van der Waals surface area contributed by atoms with E-state index in [0.717, 1.165) is 6.42 Å². The minimum atomic E-state index is -0.781. The van der Waals surface area contributed by atoms with Gasteiger partial charge in [-0.2, -0.15) is 0 Å². The number of carbonyl (C=O) groups is 1. The smallest absolute Gasteiger partial charge is 0.338 e. The molecule has 0 spiro atoms. The molecule has 7 heteroatoms. The van der Waals surface area contributed by atoms with E-state index in [1.165, 1.54) is 16.8 Å². The maximum atomic E-state index is 12.4. The fraction of sp³-hybridized carbons (Fsp3) is 0.389. The molecule has 0 radical (unpaired) electrons. The summed E-state index contributed by atoms with van der Waals surface area (Å²) in [5.41, 5.74) is -0.651. The number of aromatic amines is 1. The van der Waals surface area contributed by atoms with Gasteiger partial charge in [-0.3, -0.25) is 14.3 Å². The molecule has 132 valence electrons. The van der Waals surface area contributed by atoms with Gasteiger partial charge in [-0.15, -0.1) is 0 Å². The molecule has 0 saturated carbocycles. The van der Waals surface area contributed by atoms with Gasteiger partial charge < -0.3 is 9.47 Å². The minimum absolute atomic E-state index is 0.0958. The van der Waals surface area contributed by atoms with Crippen LogP contribution in [-0.4, -0.2) is 27.7 Å². The Labute approximate surface area is 144 Å². The number of hydrogen-bond donors (Lipinski definition) is 1. The molecule has 1 saturated heterocycles. The van der Waals surface area contributed by atoms with Crippen LogP contribution >= 0.6 is 0 Å². The van der Waals surface area contributed by atoms with Crippen molar-refractivity contribution in [3.8, 4) is 0 Å². The number of nitrogens with zero attached hydrogens (tertiary/aromatic N) is 1. The molecule has 1 aromatic heterocycles. The molecule has 1 aliphatic heterocycles. The van der Waals surface area contributed by atoms with E-state index in [4.69, 9.17) is 9.47 Å². The van der Waals surface area contributed by atoms with Gasteiger partial charge in [0.25, 0.3) is 5.56 Å². The van der Waals surface area contributed by atoms with E-state index in [-0.39, 0.29) is 12.0 Å². The van der Waals surface area contributed by atoms with E-state index in [9.17, 15) is 14.4 Å². The van der Waals surface area contributed by atoms with Gasteiger partial charge in [-0.25, -0.2) is 9.59 Å². The first-order valence-corrected chi connectivity index (χ1v) is 8.24. The van der Waals surface area contributed by atoms with Gasteiger partial charge in [0.05, 0.1) is 11.7 Å². The van der Waals surface area contributed by atoms with Gasteiger partial charge in [0, 0.05) is 18.2 Å². The monoisotopic (exact) mass is 344 g/mol. The summed E-state index contributed by atoms with van der Waals surface area (Å²) in [7, 11) is 0. The Morgan fingerprint density at radius 1 is 1.24 bits per heavy atom. The highest BCUT2D eigenvalue weighted by molar-refractivity contribution is 5.89. The highest BCUT2D eigenvalue weighted by atomic mass is 16.6. The van der Waals surface area contributed by atoms with Crippen molar-refractivity contribution in [2.24, 2.45) is 5.92 Å². The lowest BCUT2D eigenvalue weighted by molar-refractivity contribution is -0.0510. The van der Waals surface area contributed by atoms with Crippen LogP contribution in [-0.2, 0) is 9.47 Å². The highest BCUT2D eigenvalue weighted by Gasteiger charge is 2.45. The first-order valence-electron chi connectivity index (χ1n) is 8.24. The van der Waals surface area contributed by atoms with Crippen LogP contribution in [0.2, 0.25) is 0 Å². The predicted molar refractivity (Wildman–Crippen MR) is 90.3 cm³/mol. The molecule has 0 bridgehead atoms. The molecule has 0 amide bonds. The summed E-state index contributed by atoms with van der Waals surface area (Å²) >= 11 is 0. The maximum Gasteiger partial charge on any atom is 0.338 e. The molecule has 1 N–H and O–H groups in total. The average molecular weight is 344 g/mol. The summed E-state index contributed by atoms with van der Waals surface area (Å²) in [6.45, 7) is 3.89. The van der Waals surface area contributed by atoms with Gasteiger partial charge in [-0.1, -0.05) is 32.0 Å². The lowest BCUT2D eigenvalue weighted by Gasteiger charge is -2.22. The zero-order valence-corrected chi connectivity index (χ0v) is 14.0. The van der Waals surface area contributed by atoms with Crippen LogP contribution in [0.25, 0.3) is 0 Å². The van der Waals surface area contributed by atoms with Crippen LogP contribution in [0, 0.1) is 5.92 Å². The lowest BCUT2D eigenvalue weighted by atomic mass is 9.98. The van der Waals surface area contributed by atoms with E-state index in [1.54, 1.807) is 24.3 Å². The third-order valence-electron chi connectivity index (χ3n) is 4.48. The van der Waals surface area contributed by atoms with E-state index in [1.807, 2.05) is 19.9 Å². The van der Waals surface area contributed by atoms with E-state index < -0.39 is 29.6 Å². The minimum Gasteiger partial charge on any atom is -0.454 e. The first-order chi connectivity index (χ1) is 12.0. The van der Waals surface area contributed by atoms with E-state index >= 15 is 0 Å². The van der Waals surface area contributed by atoms with Crippen LogP contribution in [0.15, 0.2) is 52.2 Å². The SMILES string of the molecule is CC[C@H]1OC(n2ccc(=O)[nH]c2=O)[C@H](OC(=O)c2ccccc2)[C@H]1C. The summed E-state index contributed by atoms with van der Waals surface area (Å²) < 4.78 is 12.9. The van der Waals surface area contributed by atoms with E-state index in [0.29, 0.717) is 5.56 Å². The zero-order valence-electron chi connectivity index (χ0n) is 14.0. The number of ether oxygens (including phenoxy) is 2. The molecule has 2 aromatic rings. The molecule has 1 fully saturated rings. The number of H-pyrrole nitrogens is 1. The number of esters is 1. The normalized spacial score (nSPS) is 25.7. The predicted octanol–water partition coefficient (Wildman–Crippen LogP) is 1.71. The molecular formula is C18H20N2O5. The van der Waals surface area contributed by atoms with Gasteiger partial charge in [-0.05, 0) is 18.6 Å². The van der Waals surface area contributed by atoms with Gasteiger partial charge in [0.15, 0.2) is 12.3 Å². The van der Waals surface area contributed by atoms with Crippen molar-refractivity contribution in [3.05, 3.63) is 69.0 Å². The summed E-state index contributed by atoms with van der Waals surface area (Å²) in [6, 6.07) is 9.90. The van der Waals surface area contributed by atoms with Crippen molar-refractivity contribution in [1.82, 2.24) is 9.55 Å². The van der Waals surface area contributed by atoms with Crippen LogP contribution in [0.5, 0.6) is 0 Å². The molecule has 1 aliphatic rings. The Morgan fingerprint density at radius 3 is 2.60 bits per heavy atom. The molecule has 7 nitrogen and oxygen atoms in total. The summed E-state index contributed by atoms with van der Waals surface area (Å²) in [6.07, 6.45) is 0.505. The summed E-state index contributed by atoms with van der Waals surface area (Å²) in [5.74, 6) is -0.568. The van der Waals surface area contributed by atoms with Crippen molar-refractivity contribution >= 4 is 5.97 Å². The third-order valence-corrected chi connectivity index (χ3v) is 4.48. The molecule has 2 heterocycles. The molecule has 0 aliphatic carbocycles. The van der Waals surface area contributed by atoms with Crippen molar-refractivity contribution in [2.75, 3.05) is 0 Å². The van der Waals surface area contributed by atoms with E-state index in [2.05, 4.69) is 4.98 Å². The lowest BCUT2D eigenvalue weighted by Crippen LogP contribution is -2.37. The number of aromatic nitrogens is 2. The van der Waals surface area contributed by atoms with Crippen molar-refractivity contribution < 1.29 is 14.3 Å².